The van der Waals surface area contributed by atoms with Gasteiger partial charge < -0.3 is 0 Å². The number of halogens is 1. The number of ketones is 1. The maximum absolute atomic E-state index is 12.6. The summed E-state index contributed by atoms with van der Waals surface area (Å²) in [6, 6.07) is 15.3. The number of fused-ring (bicyclic) bond motifs is 3. The first-order valence-corrected chi connectivity index (χ1v) is 9.71. The van der Waals surface area contributed by atoms with E-state index < -0.39 is 6.04 Å². The van der Waals surface area contributed by atoms with Gasteiger partial charge in [-0.1, -0.05) is 55.8 Å². The minimum absolute atomic E-state index is 0.0581. The molecule has 1 aliphatic rings. The van der Waals surface area contributed by atoms with Crippen molar-refractivity contribution in [3.8, 4) is 5.69 Å². The highest BCUT2D eigenvalue weighted by Crippen LogP contribution is 2.33. The molecule has 3 aromatic rings. The zero-order valence-electron chi connectivity index (χ0n) is 16.1. The number of Topliss-reactive ketones (excluding diaryl/α,β-unsaturated/α-hetero) is 1. The number of hydrogen-bond donors (Lipinski definition) is 0. The van der Waals surface area contributed by atoms with Gasteiger partial charge in [0, 0.05) is 28.5 Å². The minimum Gasteiger partial charge on any atom is -0.299 e. The van der Waals surface area contributed by atoms with E-state index in [0.717, 1.165) is 28.4 Å². The molecule has 0 bridgehead atoms. The number of nitrogens with zero attached hydrogens (tertiary/aromatic N) is 4. The van der Waals surface area contributed by atoms with Crippen LogP contribution >= 0.6 is 11.6 Å². The van der Waals surface area contributed by atoms with Crippen molar-refractivity contribution in [2.45, 2.75) is 33.2 Å². The fourth-order valence-electron chi connectivity index (χ4n) is 3.45. The highest BCUT2D eigenvalue weighted by atomic mass is 35.5. The molecule has 0 N–H and O–H groups in total. The first kappa shape index (κ1) is 18.6. The molecule has 1 aliphatic heterocycles. The fourth-order valence-corrected chi connectivity index (χ4v) is 3.57. The van der Waals surface area contributed by atoms with Crippen LogP contribution in [-0.2, 0) is 4.79 Å². The third-order valence-electron chi connectivity index (χ3n) is 4.99. The molecule has 0 unspecified atom stereocenters. The number of aryl methyl sites for hydroxylation is 1. The van der Waals surface area contributed by atoms with Gasteiger partial charge in [0.25, 0.3) is 0 Å². The predicted molar refractivity (Wildman–Crippen MR) is 110 cm³/mol. The summed E-state index contributed by atoms with van der Waals surface area (Å²) in [5, 5.41) is 9.32. The first-order chi connectivity index (χ1) is 13.5. The number of aliphatic imine (C=N–C) groups is 1. The van der Waals surface area contributed by atoms with Crippen LogP contribution in [0.15, 0.2) is 53.5 Å². The van der Waals surface area contributed by atoms with Crippen molar-refractivity contribution in [1.82, 2.24) is 14.8 Å². The summed E-state index contributed by atoms with van der Waals surface area (Å²) < 4.78 is 2.01. The molecule has 0 saturated heterocycles. The van der Waals surface area contributed by atoms with Crippen LogP contribution in [0.4, 0.5) is 0 Å². The lowest BCUT2D eigenvalue weighted by molar-refractivity contribution is -0.122. The van der Waals surface area contributed by atoms with Crippen molar-refractivity contribution < 1.29 is 4.79 Å². The SMILES string of the molecule is Cc1nnc2n1-c1ccccc1C(c1ccc(Cl)cc1)=N[C@H]2CC(=O)C(C)C. The molecule has 28 heavy (non-hydrogen) atoms. The minimum atomic E-state index is -0.394. The van der Waals surface area contributed by atoms with Crippen LogP contribution in [0.25, 0.3) is 5.69 Å². The maximum atomic E-state index is 12.6. The molecule has 142 valence electrons. The van der Waals surface area contributed by atoms with Crippen molar-refractivity contribution in [1.29, 1.82) is 0 Å². The largest absolute Gasteiger partial charge is 0.299 e. The monoisotopic (exact) mass is 392 g/mol. The Morgan fingerprint density at radius 1 is 1.11 bits per heavy atom. The molecule has 2 heterocycles. The third-order valence-corrected chi connectivity index (χ3v) is 5.24. The average Bonchev–Trinajstić information content (AvgIpc) is 3.00. The Labute approximate surface area is 169 Å². The van der Waals surface area contributed by atoms with Crippen molar-refractivity contribution >= 4 is 23.1 Å². The van der Waals surface area contributed by atoms with Crippen LogP contribution in [0.3, 0.4) is 0 Å². The lowest BCUT2D eigenvalue weighted by Crippen LogP contribution is -2.14. The van der Waals surface area contributed by atoms with Crippen LogP contribution in [-0.4, -0.2) is 26.3 Å². The second-order valence-corrected chi connectivity index (χ2v) is 7.72. The van der Waals surface area contributed by atoms with Gasteiger partial charge in [-0.2, -0.15) is 0 Å². The Balaban J connectivity index is 1.95. The first-order valence-electron chi connectivity index (χ1n) is 9.34. The smallest absolute Gasteiger partial charge is 0.162 e. The van der Waals surface area contributed by atoms with Crippen molar-refractivity contribution in [3.05, 3.63) is 76.3 Å². The van der Waals surface area contributed by atoms with Gasteiger partial charge in [-0.05, 0) is 25.1 Å². The number of para-hydroxylation sites is 1. The lowest BCUT2D eigenvalue weighted by Gasteiger charge is -2.13. The van der Waals surface area contributed by atoms with Crippen LogP contribution in [0.2, 0.25) is 5.02 Å². The molecule has 0 radical (unpaired) electrons. The molecule has 0 aliphatic carbocycles. The van der Waals surface area contributed by atoms with Crippen LogP contribution in [0.1, 0.15) is 49.1 Å². The number of hydrogen-bond acceptors (Lipinski definition) is 4. The molecule has 0 spiro atoms. The van der Waals surface area contributed by atoms with Gasteiger partial charge in [-0.25, -0.2) is 0 Å². The lowest BCUT2D eigenvalue weighted by atomic mass is 9.99. The Hall–Kier alpha value is -2.79. The second-order valence-electron chi connectivity index (χ2n) is 7.28. The van der Waals surface area contributed by atoms with Gasteiger partial charge in [-0.3, -0.25) is 14.4 Å². The highest BCUT2D eigenvalue weighted by molar-refractivity contribution is 6.30. The van der Waals surface area contributed by atoms with Gasteiger partial charge in [0.2, 0.25) is 0 Å². The van der Waals surface area contributed by atoms with E-state index in [1.54, 1.807) is 0 Å². The second kappa shape index (κ2) is 7.32. The molecule has 1 aromatic heterocycles. The molecule has 5 nitrogen and oxygen atoms in total. The van der Waals surface area contributed by atoms with E-state index in [9.17, 15) is 4.79 Å². The molecule has 6 heteroatoms. The van der Waals surface area contributed by atoms with Crippen molar-refractivity contribution in [3.63, 3.8) is 0 Å². The topological polar surface area (TPSA) is 60.1 Å². The summed E-state index contributed by atoms with van der Waals surface area (Å²) in [5.41, 5.74) is 3.73. The molecule has 4 rings (SSSR count). The number of aromatic nitrogens is 3. The van der Waals surface area contributed by atoms with Crippen LogP contribution < -0.4 is 0 Å². The predicted octanol–water partition coefficient (Wildman–Crippen LogP) is 4.74. The maximum Gasteiger partial charge on any atom is 0.162 e. The summed E-state index contributed by atoms with van der Waals surface area (Å²) in [4.78, 5) is 17.6. The molecule has 1 atom stereocenters. The van der Waals surface area contributed by atoms with Crippen LogP contribution in [0.5, 0.6) is 0 Å². The third kappa shape index (κ3) is 3.27. The molecule has 0 amide bonds. The molecule has 2 aromatic carbocycles. The van der Waals surface area contributed by atoms with Crippen LogP contribution in [0, 0.1) is 12.8 Å². The zero-order valence-corrected chi connectivity index (χ0v) is 16.8. The van der Waals surface area contributed by atoms with E-state index in [1.165, 1.54) is 0 Å². The van der Waals surface area contributed by atoms with E-state index >= 15 is 0 Å². The fraction of sp³-hybridized carbons (Fsp3) is 0.273. The molecule has 0 saturated carbocycles. The summed E-state index contributed by atoms with van der Waals surface area (Å²) in [7, 11) is 0. The van der Waals surface area contributed by atoms with Gasteiger partial charge in [0.1, 0.15) is 17.6 Å². The van der Waals surface area contributed by atoms with E-state index in [2.05, 4.69) is 10.2 Å². The Morgan fingerprint density at radius 3 is 2.54 bits per heavy atom. The van der Waals surface area contributed by atoms with E-state index in [1.807, 2.05) is 73.9 Å². The Bertz CT molecular complexity index is 1070. The van der Waals surface area contributed by atoms with Crippen molar-refractivity contribution in [2.24, 2.45) is 10.9 Å². The Kier molecular flexibility index (Phi) is 4.85. The standard InChI is InChI=1S/C22H21ClN4O/c1-13(2)20(28)12-18-22-26-25-14(3)27(22)19-7-5-4-6-17(19)21(24-18)15-8-10-16(23)11-9-15/h4-11,13,18H,12H2,1-3H3/t18-/m0/s1. The van der Waals surface area contributed by atoms with E-state index in [4.69, 9.17) is 16.6 Å². The average molecular weight is 393 g/mol. The molecular weight excluding hydrogens is 372 g/mol. The number of carbonyl (C=O) groups is 1. The number of benzene rings is 2. The normalized spacial score (nSPS) is 15.6. The Morgan fingerprint density at radius 2 is 1.82 bits per heavy atom. The zero-order chi connectivity index (χ0) is 19.8. The van der Waals surface area contributed by atoms with Crippen molar-refractivity contribution in [2.75, 3.05) is 0 Å². The summed E-state index contributed by atoms with van der Waals surface area (Å²) in [6.45, 7) is 5.74. The quantitative estimate of drug-likeness (QED) is 0.644. The van der Waals surface area contributed by atoms with Gasteiger partial charge >= 0.3 is 0 Å². The molecule has 0 fully saturated rings. The highest BCUT2D eigenvalue weighted by Gasteiger charge is 2.29. The summed E-state index contributed by atoms with van der Waals surface area (Å²) in [5.74, 6) is 1.57. The molecular formula is C22H21ClN4O. The summed E-state index contributed by atoms with van der Waals surface area (Å²) in [6.07, 6.45) is 0.293. The van der Waals surface area contributed by atoms with Gasteiger partial charge in [0.15, 0.2) is 5.82 Å². The van der Waals surface area contributed by atoms with Gasteiger partial charge in [0.05, 0.1) is 11.4 Å². The summed E-state index contributed by atoms with van der Waals surface area (Å²) >= 11 is 6.08. The number of carbonyl (C=O) groups excluding carboxylic acids is 1. The van der Waals surface area contributed by atoms with E-state index in [0.29, 0.717) is 17.3 Å². The number of rotatable bonds is 4. The van der Waals surface area contributed by atoms with E-state index in [-0.39, 0.29) is 11.7 Å². The van der Waals surface area contributed by atoms with Gasteiger partial charge in [-0.15, -0.1) is 10.2 Å².